The molecule has 0 atom stereocenters. The third kappa shape index (κ3) is 4.45. The number of hydrogen-bond donors (Lipinski definition) is 2. The number of nitrogens with zero attached hydrogens (tertiary/aromatic N) is 1. The Morgan fingerprint density at radius 3 is 2.68 bits per heavy atom. The second-order valence-corrected chi connectivity index (χ2v) is 4.89. The maximum atomic E-state index is 12.1. The Kier molecular flexibility index (Phi) is 4.31. The SMILES string of the molecule is O=C(O)C=CC(=O)Nc1nc2ccc(OC(F)(F)F)cc2s1. The molecule has 0 aliphatic rings. The quantitative estimate of drug-likeness (QED) is 0.841. The summed E-state index contributed by atoms with van der Waals surface area (Å²) in [6.45, 7) is 0. The number of carboxylic acids is 1. The smallest absolute Gasteiger partial charge is 0.478 e. The summed E-state index contributed by atoms with van der Waals surface area (Å²) in [5.74, 6) is -2.39. The number of aliphatic carboxylic acids is 1. The van der Waals surface area contributed by atoms with Crippen molar-refractivity contribution < 1.29 is 32.6 Å². The number of benzene rings is 1. The first-order valence-electron chi connectivity index (χ1n) is 5.61. The minimum Gasteiger partial charge on any atom is -0.478 e. The van der Waals surface area contributed by atoms with E-state index in [1.807, 2.05) is 0 Å². The number of alkyl halides is 3. The normalized spacial score (nSPS) is 11.8. The van der Waals surface area contributed by atoms with E-state index < -0.39 is 24.0 Å². The lowest BCUT2D eigenvalue weighted by molar-refractivity contribution is -0.274. The summed E-state index contributed by atoms with van der Waals surface area (Å²) in [5.41, 5.74) is 0.372. The van der Waals surface area contributed by atoms with E-state index in [0.717, 1.165) is 29.5 Å². The molecule has 0 aliphatic heterocycles. The number of hydrogen-bond acceptors (Lipinski definition) is 5. The molecule has 1 heterocycles. The van der Waals surface area contributed by atoms with Gasteiger partial charge in [-0.3, -0.25) is 10.1 Å². The van der Waals surface area contributed by atoms with Gasteiger partial charge in [0.25, 0.3) is 0 Å². The molecular formula is C12H7F3N2O4S. The molecule has 116 valence electrons. The summed E-state index contributed by atoms with van der Waals surface area (Å²) in [4.78, 5) is 25.6. The molecule has 0 unspecified atom stereocenters. The van der Waals surface area contributed by atoms with E-state index in [0.29, 0.717) is 16.3 Å². The molecule has 2 aromatic rings. The van der Waals surface area contributed by atoms with Gasteiger partial charge in [0.05, 0.1) is 10.2 Å². The Balaban J connectivity index is 2.16. The average Bonchev–Trinajstić information content (AvgIpc) is 2.75. The summed E-state index contributed by atoms with van der Waals surface area (Å²) in [7, 11) is 0. The largest absolute Gasteiger partial charge is 0.573 e. The second-order valence-electron chi connectivity index (χ2n) is 3.86. The third-order valence-corrected chi connectivity index (χ3v) is 3.13. The van der Waals surface area contributed by atoms with E-state index in [-0.39, 0.29) is 5.13 Å². The number of carbonyl (C=O) groups is 2. The number of carbonyl (C=O) groups excluding carboxylic acids is 1. The molecule has 1 aromatic heterocycles. The highest BCUT2D eigenvalue weighted by molar-refractivity contribution is 7.22. The topological polar surface area (TPSA) is 88.5 Å². The van der Waals surface area contributed by atoms with E-state index in [4.69, 9.17) is 5.11 Å². The summed E-state index contributed by atoms with van der Waals surface area (Å²) < 4.78 is 40.5. The van der Waals surface area contributed by atoms with Crippen LogP contribution in [0.1, 0.15) is 0 Å². The van der Waals surface area contributed by atoms with Crippen LogP contribution in [-0.4, -0.2) is 28.3 Å². The van der Waals surface area contributed by atoms with Gasteiger partial charge in [0.15, 0.2) is 5.13 Å². The van der Waals surface area contributed by atoms with E-state index in [9.17, 15) is 22.8 Å². The zero-order valence-electron chi connectivity index (χ0n) is 10.5. The lowest BCUT2D eigenvalue weighted by Crippen LogP contribution is -2.16. The Morgan fingerprint density at radius 1 is 1.32 bits per heavy atom. The number of aromatic nitrogens is 1. The van der Waals surface area contributed by atoms with Gasteiger partial charge < -0.3 is 9.84 Å². The van der Waals surface area contributed by atoms with Crippen LogP contribution in [-0.2, 0) is 9.59 Å². The van der Waals surface area contributed by atoms with E-state index in [1.165, 1.54) is 6.07 Å². The van der Waals surface area contributed by atoms with Crippen LogP contribution in [0.4, 0.5) is 18.3 Å². The average molecular weight is 332 g/mol. The van der Waals surface area contributed by atoms with Gasteiger partial charge in [0.2, 0.25) is 5.91 Å². The lowest BCUT2D eigenvalue weighted by atomic mass is 10.3. The van der Waals surface area contributed by atoms with Gasteiger partial charge in [-0.2, -0.15) is 0 Å². The van der Waals surface area contributed by atoms with Gasteiger partial charge in [-0.1, -0.05) is 11.3 Å². The van der Waals surface area contributed by atoms with Crippen molar-refractivity contribution in [1.82, 2.24) is 4.98 Å². The van der Waals surface area contributed by atoms with Gasteiger partial charge in [0, 0.05) is 18.2 Å². The predicted molar refractivity (Wildman–Crippen MR) is 71.7 cm³/mol. The lowest BCUT2D eigenvalue weighted by Gasteiger charge is -2.07. The summed E-state index contributed by atoms with van der Waals surface area (Å²) in [6.07, 6.45) is -3.35. The fraction of sp³-hybridized carbons (Fsp3) is 0.0833. The zero-order valence-corrected chi connectivity index (χ0v) is 11.4. The number of ether oxygens (including phenoxy) is 1. The van der Waals surface area contributed by atoms with Crippen molar-refractivity contribution in [3.8, 4) is 5.75 Å². The molecule has 0 saturated heterocycles. The number of anilines is 1. The molecule has 0 fully saturated rings. The number of fused-ring (bicyclic) bond motifs is 1. The Hall–Kier alpha value is -2.62. The summed E-state index contributed by atoms with van der Waals surface area (Å²) in [6, 6.07) is 3.56. The molecule has 0 saturated carbocycles. The first-order chi connectivity index (χ1) is 10.2. The van der Waals surface area contributed by atoms with Crippen molar-refractivity contribution in [3.05, 3.63) is 30.4 Å². The highest BCUT2D eigenvalue weighted by atomic mass is 32.1. The summed E-state index contributed by atoms with van der Waals surface area (Å²) in [5, 5.41) is 10.8. The molecule has 2 rings (SSSR count). The van der Waals surface area contributed by atoms with Crippen LogP contribution in [0.2, 0.25) is 0 Å². The number of thiazole rings is 1. The van der Waals surface area contributed by atoms with Crippen LogP contribution >= 0.6 is 11.3 Å². The van der Waals surface area contributed by atoms with Crippen molar-refractivity contribution in [2.45, 2.75) is 6.36 Å². The monoisotopic (exact) mass is 332 g/mol. The van der Waals surface area contributed by atoms with Gasteiger partial charge in [-0.15, -0.1) is 13.2 Å². The standard InChI is InChI=1S/C12H7F3N2O4S/c13-12(14,15)21-6-1-2-7-8(5-6)22-11(16-7)17-9(18)3-4-10(19)20/h1-5H,(H,19,20)(H,16,17,18). The molecule has 0 radical (unpaired) electrons. The molecular weight excluding hydrogens is 325 g/mol. The molecule has 10 heteroatoms. The first-order valence-corrected chi connectivity index (χ1v) is 6.43. The molecule has 1 aromatic carbocycles. The van der Waals surface area contributed by atoms with E-state index in [1.54, 1.807) is 0 Å². The van der Waals surface area contributed by atoms with E-state index in [2.05, 4.69) is 15.0 Å². The van der Waals surface area contributed by atoms with Crippen LogP contribution in [0.15, 0.2) is 30.4 Å². The van der Waals surface area contributed by atoms with Crippen molar-refractivity contribution in [1.29, 1.82) is 0 Å². The summed E-state index contributed by atoms with van der Waals surface area (Å²) >= 11 is 0.928. The predicted octanol–water partition coefficient (Wildman–Crippen LogP) is 2.77. The van der Waals surface area contributed by atoms with E-state index >= 15 is 0 Å². The van der Waals surface area contributed by atoms with Crippen LogP contribution in [0.3, 0.4) is 0 Å². The molecule has 1 amide bonds. The Bertz CT molecular complexity index is 754. The molecule has 6 nitrogen and oxygen atoms in total. The molecule has 0 aliphatic carbocycles. The fourth-order valence-corrected chi connectivity index (χ4v) is 2.35. The van der Waals surface area contributed by atoms with Crippen molar-refractivity contribution >= 4 is 38.6 Å². The van der Waals surface area contributed by atoms with Gasteiger partial charge in [-0.25, -0.2) is 9.78 Å². The minimum atomic E-state index is -4.79. The van der Waals surface area contributed by atoms with Crippen LogP contribution in [0.5, 0.6) is 5.75 Å². The van der Waals surface area contributed by atoms with Crippen LogP contribution < -0.4 is 10.1 Å². The fourth-order valence-electron chi connectivity index (χ4n) is 1.45. The number of halogens is 3. The molecule has 22 heavy (non-hydrogen) atoms. The molecule has 0 spiro atoms. The number of amides is 1. The Morgan fingerprint density at radius 2 is 2.05 bits per heavy atom. The van der Waals surface area contributed by atoms with Gasteiger partial charge in [0.1, 0.15) is 5.75 Å². The van der Waals surface area contributed by atoms with Crippen LogP contribution in [0.25, 0.3) is 10.2 Å². The van der Waals surface area contributed by atoms with Gasteiger partial charge in [-0.05, 0) is 12.1 Å². The van der Waals surface area contributed by atoms with Crippen LogP contribution in [0, 0.1) is 0 Å². The zero-order chi connectivity index (χ0) is 16.3. The van der Waals surface area contributed by atoms with Crippen molar-refractivity contribution in [3.63, 3.8) is 0 Å². The number of nitrogens with one attached hydrogen (secondary N) is 1. The Labute approximate surface area is 124 Å². The maximum Gasteiger partial charge on any atom is 0.573 e. The van der Waals surface area contributed by atoms with Crippen molar-refractivity contribution in [2.24, 2.45) is 0 Å². The molecule has 2 N–H and O–H groups in total. The highest BCUT2D eigenvalue weighted by Crippen LogP contribution is 2.31. The number of carboxylic acid groups (broad SMARTS) is 1. The third-order valence-electron chi connectivity index (χ3n) is 2.20. The maximum absolute atomic E-state index is 12.1. The van der Waals surface area contributed by atoms with Crippen molar-refractivity contribution in [2.75, 3.05) is 5.32 Å². The van der Waals surface area contributed by atoms with Gasteiger partial charge >= 0.3 is 12.3 Å². The highest BCUT2D eigenvalue weighted by Gasteiger charge is 2.31. The minimum absolute atomic E-state index is 0.124. The second kappa shape index (κ2) is 6.02. The molecule has 0 bridgehead atoms. The first kappa shape index (κ1) is 15.8. The number of rotatable bonds is 4.